The van der Waals surface area contributed by atoms with E-state index in [2.05, 4.69) is 4.98 Å². The smallest absolute Gasteiger partial charge is 0.320 e. The number of ether oxygens (including phenoxy) is 1. The molecule has 1 aromatic carbocycles. The number of nitrogens with zero attached hydrogens (tertiary/aromatic N) is 2. The summed E-state index contributed by atoms with van der Waals surface area (Å²) in [5, 5.41) is 1.68. The predicted octanol–water partition coefficient (Wildman–Crippen LogP) is 3.10. The molecular formula is C24H35N3O4. The molecule has 0 spiro atoms. The lowest BCUT2D eigenvalue weighted by atomic mass is 9.98. The van der Waals surface area contributed by atoms with Crippen LogP contribution in [0.2, 0.25) is 0 Å². The lowest BCUT2D eigenvalue weighted by molar-refractivity contribution is -0.155. The molecule has 7 nitrogen and oxygen atoms in total. The van der Waals surface area contributed by atoms with Crippen LogP contribution in [0.25, 0.3) is 10.8 Å². The number of pyridine rings is 1. The number of fused-ring (bicyclic) bond motifs is 3. The average Bonchev–Trinajstić information content (AvgIpc) is 2.66. The van der Waals surface area contributed by atoms with Crippen LogP contribution in [0, 0.1) is 0 Å². The van der Waals surface area contributed by atoms with Crippen LogP contribution in [-0.2, 0) is 27.3 Å². The highest BCUT2D eigenvalue weighted by atomic mass is 16.6. The summed E-state index contributed by atoms with van der Waals surface area (Å²) in [6, 6.07) is 7.61. The molecule has 170 valence electrons. The number of amides is 1. The van der Waals surface area contributed by atoms with Gasteiger partial charge < -0.3 is 14.6 Å². The van der Waals surface area contributed by atoms with Gasteiger partial charge in [-0.2, -0.15) is 0 Å². The van der Waals surface area contributed by atoms with Crippen molar-refractivity contribution in [2.45, 2.75) is 59.1 Å². The summed E-state index contributed by atoms with van der Waals surface area (Å²) in [6.07, 6.45) is 2.19. The van der Waals surface area contributed by atoms with Gasteiger partial charge in [-0.15, -0.1) is 0 Å². The zero-order chi connectivity index (χ0) is 23.2. The van der Waals surface area contributed by atoms with Gasteiger partial charge in [-0.25, -0.2) is 0 Å². The van der Waals surface area contributed by atoms with Crippen molar-refractivity contribution >= 4 is 22.6 Å². The summed E-state index contributed by atoms with van der Waals surface area (Å²) in [6.45, 7) is 9.24. The van der Waals surface area contributed by atoms with Crippen molar-refractivity contribution in [3.63, 3.8) is 0 Å². The van der Waals surface area contributed by atoms with E-state index in [1.807, 2.05) is 71.0 Å². The number of benzene rings is 1. The third-order valence-corrected chi connectivity index (χ3v) is 4.79. The number of carbonyl (C=O) groups is 2. The number of esters is 1. The Kier molecular flexibility index (Phi) is 8.39. The Bertz CT molecular complexity index is 973. The number of H-pyrrole nitrogens is 1. The van der Waals surface area contributed by atoms with Crippen molar-refractivity contribution < 1.29 is 14.3 Å². The first-order valence-electron chi connectivity index (χ1n) is 10.8. The van der Waals surface area contributed by atoms with Crippen LogP contribution in [-0.4, -0.2) is 59.4 Å². The number of hydrogen-bond acceptors (Lipinski definition) is 5. The SMILES string of the molecule is CCCC(=O)N1CCc2[nH]c(=O)c3ccccc3c2C1.CN(C)CC(=O)OC(C)(C)C. The Morgan fingerprint density at radius 3 is 2.39 bits per heavy atom. The third-order valence-electron chi connectivity index (χ3n) is 4.79. The first-order chi connectivity index (χ1) is 14.5. The maximum atomic E-state index is 12.1. The number of carbonyl (C=O) groups excluding carboxylic acids is 2. The zero-order valence-corrected chi connectivity index (χ0v) is 19.6. The van der Waals surface area contributed by atoms with Gasteiger partial charge in [0.1, 0.15) is 5.60 Å². The van der Waals surface area contributed by atoms with Gasteiger partial charge in [0.15, 0.2) is 0 Å². The minimum Gasteiger partial charge on any atom is -0.459 e. The molecule has 1 aliphatic rings. The molecule has 2 heterocycles. The number of aromatic nitrogens is 1. The maximum absolute atomic E-state index is 12.1. The molecule has 0 atom stereocenters. The van der Waals surface area contributed by atoms with Gasteiger partial charge in [0.05, 0.1) is 6.54 Å². The molecule has 1 N–H and O–H groups in total. The minimum atomic E-state index is -0.368. The molecule has 0 fully saturated rings. The number of rotatable bonds is 4. The summed E-state index contributed by atoms with van der Waals surface area (Å²) in [7, 11) is 3.67. The molecule has 0 radical (unpaired) electrons. The van der Waals surface area contributed by atoms with E-state index < -0.39 is 0 Å². The van der Waals surface area contributed by atoms with E-state index in [1.165, 1.54) is 0 Å². The Balaban J connectivity index is 0.000000267. The maximum Gasteiger partial charge on any atom is 0.320 e. The second-order valence-corrected chi connectivity index (χ2v) is 9.10. The van der Waals surface area contributed by atoms with E-state index in [0.29, 0.717) is 31.4 Å². The second kappa shape index (κ2) is 10.6. The largest absolute Gasteiger partial charge is 0.459 e. The summed E-state index contributed by atoms with van der Waals surface area (Å²) in [4.78, 5) is 41.8. The summed E-state index contributed by atoms with van der Waals surface area (Å²) in [5.41, 5.74) is 1.67. The molecule has 7 heteroatoms. The Morgan fingerprint density at radius 2 is 1.81 bits per heavy atom. The number of nitrogens with one attached hydrogen (secondary N) is 1. The molecular weight excluding hydrogens is 394 g/mol. The molecule has 0 saturated heterocycles. The highest BCUT2D eigenvalue weighted by Crippen LogP contribution is 2.24. The van der Waals surface area contributed by atoms with Crippen molar-refractivity contribution in [2.24, 2.45) is 0 Å². The van der Waals surface area contributed by atoms with Crippen molar-refractivity contribution in [3.8, 4) is 0 Å². The molecule has 31 heavy (non-hydrogen) atoms. The first kappa shape index (κ1) is 24.6. The number of likely N-dealkylation sites (N-methyl/N-ethyl adjacent to an activating group) is 1. The lowest BCUT2D eigenvalue weighted by Crippen LogP contribution is -2.37. The molecule has 0 unspecified atom stereocenters. The third kappa shape index (κ3) is 7.21. The molecule has 1 aliphatic heterocycles. The highest BCUT2D eigenvalue weighted by molar-refractivity contribution is 5.86. The normalized spacial score (nSPS) is 13.5. The van der Waals surface area contributed by atoms with Crippen molar-refractivity contribution in [1.29, 1.82) is 0 Å². The molecule has 2 aromatic rings. The topological polar surface area (TPSA) is 82.7 Å². The average molecular weight is 430 g/mol. The van der Waals surface area contributed by atoms with E-state index in [4.69, 9.17) is 4.74 Å². The fourth-order valence-electron chi connectivity index (χ4n) is 3.51. The minimum absolute atomic E-state index is 0.0346. The van der Waals surface area contributed by atoms with Crippen LogP contribution >= 0.6 is 0 Å². The van der Waals surface area contributed by atoms with E-state index >= 15 is 0 Å². The van der Waals surface area contributed by atoms with E-state index in [-0.39, 0.29) is 23.0 Å². The van der Waals surface area contributed by atoms with Gasteiger partial charge >= 0.3 is 5.97 Å². The summed E-state index contributed by atoms with van der Waals surface area (Å²) in [5.74, 6) is 0.0240. The van der Waals surface area contributed by atoms with Gasteiger partial charge in [0.2, 0.25) is 5.91 Å². The van der Waals surface area contributed by atoms with Crippen LogP contribution in [0.5, 0.6) is 0 Å². The van der Waals surface area contributed by atoms with E-state index in [0.717, 1.165) is 29.5 Å². The summed E-state index contributed by atoms with van der Waals surface area (Å²) >= 11 is 0. The van der Waals surface area contributed by atoms with Crippen LogP contribution in [0.4, 0.5) is 0 Å². The van der Waals surface area contributed by atoms with Crippen molar-refractivity contribution in [2.75, 3.05) is 27.2 Å². The fourth-order valence-corrected chi connectivity index (χ4v) is 3.51. The quantitative estimate of drug-likeness (QED) is 0.755. The zero-order valence-electron chi connectivity index (χ0n) is 19.6. The number of aromatic amines is 1. The molecule has 0 saturated carbocycles. The lowest BCUT2D eigenvalue weighted by Gasteiger charge is -2.29. The Morgan fingerprint density at radius 1 is 1.16 bits per heavy atom. The van der Waals surface area contributed by atoms with Gasteiger partial charge in [0.25, 0.3) is 5.56 Å². The van der Waals surface area contributed by atoms with Gasteiger partial charge in [-0.1, -0.05) is 25.1 Å². The fraction of sp³-hybridized carbons (Fsp3) is 0.542. The molecule has 1 aromatic heterocycles. The van der Waals surface area contributed by atoms with Gasteiger partial charge in [0, 0.05) is 37.0 Å². The molecule has 0 aliphatic carbocycles. The Hall–Kier alpha value is -2.67. The molecule has 3 rings (SSSR count). The first-order valence-corrected chi connectivity index (χ1v) is 10.8. The van der Waals surface area contributed by atoms with Crippen LogP contribution in [0.1, 0.15) is 51.8 Å². The van der Waals surface area contributed by atoms with Crippen LogP contribution in [0.15, 0.2) is 29.1 Å². The molecule has 1 amide bonds. The second-order valence-electron chi connectivity index (χ2n) is 9.10. The van der Waals surface area contributed by atoms with Gasteiger partial charge in [-0.05, 0) is 58.3 Å². The van der Waals surface area contributed by atoms with Crippen molar-refractivity contribution in [1.82, 2.24) is 14.8 Å². The van der Waals surface area contributed by atoms with E-state index in [9.17, 15) is 14.4 Å². The van der Waals surface area contributed by atoms with Crippen molar-refractivity contribution in [3.05, 3.63) is 45.9 Å². The standard InChI is InChI=1S/C16H18N2O2.C8H17NO2/c1-2-5-15(19)18-9-8-14-13(10-18)11-6-3-4-7-12(11)16(20)17-14;1-8(2,3)11-7(10)6-9(4)5/h3-4,6-7H,2,5,8-10H2,1H3,(H,17,20);6H2,1-5H3. The monoisotopic (exact) mass is 429 g/mol. The number of hydrogen-bond donors (Lipinski definition) is 1. The molecule has 0 bridgehead atoms. The summed E-state index contributed by atoms with van der Waals surface area (Å²) < 4.78 is 5.07. The van der Waals surface area contributed by atoms with E-state index in [1.54, 1.807) is 4.90 Å². The predicted molar refractivity (Wildman–Crippen MR) is 123 cm³/mol. The van der Waals surface area contributed by atoms with Gasteiger partial charge in [-0.3, -0.25) is 19.3 Å². The van der Waals surface area contributed by atoms with Crippen LogP contribution < -0.4 is 5.56 Å². The van der Waals surface area contributed by atoms with Crippen LogP contribution in [0.3, 0.4) is 0 Å². The highest BCUT2D eigenvalue weighted by Gasteiger charge is 2.23. The Labute approximate surface area is 184 Å².